The van der Waals surface area contributed by atoms with E-state index in [0.717, 1.165) is 12.8 Å². The van der Waals surface area contributed by atoms with Crippen molar-refractivity contribution in [3.63, 3.8) is 0 Å². The van der Waals surface area contributed by atoms with Crippen LogP contribution in [0.4, 0.5) is 0 Å². The van der Waals surface area contributed by atoms with Crippen molar-refractivity contribution < 1.29 is 0 Å². The minimum Gasteiger partial charge on any atom is -0.146 e. The molecular weight excluding hydrogens is 140 g/mol. The molecule has 10 heavy (non-hydrogen) atoms. The minimum absolute atomic E-state index is 0.148. The fourth-order valence-corrected chi connectivity index (χ4v) is 0.626. The molecular formula is C9H16S. The van der Waals surface area contributed by atoms with Crippen molar-refractivity contribution in [2.75, 3.05) is 6.26 Å². The third-order valence-corrected chi connectivity index (χ3v) is 2.40. The summed E-state index contributed by atoms with van der Waals surface area (Å²) < 4.78 is 0.148. The molecule has 0 nitrogen and oxygen atoms in total. The highest BCUT2D eigenvalue weighted by Crippen LogP contribution is 2.19. The van der Waals surface area contributed by atoms with Crippen LogP contribution in [0, 0.1) is 11.8 Å². The van der Waals surface area contributed by atoms with Gasteiger partial charge in [0.2, 0.25) is 0 Å². The highest BCUT2D eigenvalue weighted by atomic mass is 32.2. The molecule has 58 valence electrons. The standard InChI is InChI=1S/C9H16S/c1-5-6-7-8-9(2,3)10-4/h5-6H2,1-4H3. The normalized spacial score (nSPS) is 10.4. The van der Waals surface area contributed by atoms with Crippen LogP contribution in [0.1, 0.15) is 33.6 Å². The maximum atomic E-state index is 3.22. The van der Waals surface area contributed by atoms with Gasteiger partial charge in [-0.15, -0.1) is 17.7 Å². The van der Waals surface area contributed by atoms with Crippen molar-refractivity contribution in [1.82, 2.24) is 0 Å². The zero-order valence-corrected chi connectivity index (χ0v) is 8.14. The summed E-state index contributed by atoms with van der Waals surface area (Å²) in [4.78, 5) is 0. The molecule has 0 spiro atoms. The zero-order valence-electron chi connectivity index (χ0n) is 7.32. The van der Waals surface area contributed by atoms with Gasteiger partial charge in [-0.1, -0.05) is 12.8 Å². The summed E-state index contributed by atoms with van der Waals surface area (Å²) in [6.07, 6.45) is 4.29. The Kier molecular flexibility index (Phi) is 4.64. The largest absolute Gasteiger partial charge is 0.146 e. The molecule has 0 aliphatic rings. The average Bonchev–Trinajstić information content (AvgIpc) is 1.89. The Morgan fingerprint density at radius 2 is 2.00 bits per heavy atom. The molecule has 0 heterocycles. The Bertz CT molecular complexity index is 137. The summed E-state index contributed by atoms with van der Waals surface area (Å²) in [5.74, 6) is 6.38. The maximum Gasteiger partial charge on any atom is 0.0706 e. The van der Waals surface area contributed by atoms with Crippen molar-refractivity contribution in [2.45, 2.75) is 38.4 Å². The first-order valence-electron chi connectivity index (χ1n) is 3.67. The second-order valence-corrected chi connectivity index (χ2v) is 4.20. The van der Waals surface area contributed by atoms with Crippen LogP contribution in [0.25, 0.3) is 0 Å². The number of hydrogen-bond donors (Lipinski definition) is 0. The lowest BCUT2D eigenvalue weighted by Gasteiger charge is -2.12. The summed E-state index contributed by atoms with van der Waals surface area (Å²) in [5, 5.41) is 0. The van der Waals surface area contributed by atoms with E-state index < -0.39 is 0 Å². The van der Waals surface area contributed by atoms with Gasteiger partial charge in [0.15, 0.2) is 0 Å². The van der Waals surface area contributed by atoms with Gasteiger partial charge in [-0.05, 0) is 26.5 Å². The molecule has 0 saturated carbocycles. The van der Waals surface area contributed by atoms with Crippen LogP contribution in [0.3, 0.4) is 0 Å². The predicted molar refractivity (Wildman–Crippen MR) is 50.3 cm³/mol. The first kappa shape index (κ1) is 9.91. The van der Waals surface area contributed by atoms with Crippen LogP contribution in [0.2, 0.25) is 0 Å². The van der Waals surface area contributed by atoms with Crippen LogP contribution >= 0.6 is 11.8 Å². The Morgan fingerprint density at radius 1 is 1.40 bits per heavy atom. The number of hydrogen-bond acceptors (Lipinski definition) is 1. The molecule has 0 fully saturated rings. The topological polar surface area (TPSA) is 0 Å². The highest BCUT2D eigenvalue weighted by molar-refractivity contribution is 8.00. The van der Waals surface area contributed by atoms with E-state index in [1.165, 1.54) is 0 Å². The van der Waals surface area contributed by atoms with Crippen LogP contribution in [-0.2, 0) is 0 Å². The van der Waals surface area contributed by atoms with Gasteiger partial charge < -0.3 is 0 Å². The fourth-order valence-electron chi connectivity index (χ4n) is 0.451. The second-order valence-electron chi connectivity index (χ2n) is 2.77. The fraction of sp³-hybridized carbons (Fsp3) is 0.778. The highest BCUT2D eigenvalue weighted by Gasteiger charge is 2.09. The zero-order chi connectivity index (χ0) is 8.04. The Hall–Kier alpha value is -0.0900. The van der Waals surface area contributed by atoms with Crippen molar-refractivity contribution >= 4 is 11.8 Å². The van der Waals surface area contributed by atoms with Crippen LogP contribution in [-0.4, -0.2) is 11.0 Å². The Morgan fingerprint density at radius 3 is 2.40 bits per heavy atom. The second kappa shape index (κ2) is 4.68. The minimum atomic E-state index is 0.148. The van der Waals surface area contributed by atoms with Crippen molar-refractivity contribution in [3.05, 3.63) is 0 Å². The van der Waals surface area contributed by atoms with Gasteiger partial charge in [0.05, 0.1) is 4.75 Å². The van der Waals surface area contributed by atoms with Crippen molar-refractivity contribution in [1.29, 1.82) is 0 Å². The molecule has 0 bridgehead atoms. The first-order chi connectivity index (χ1) is 4.62. The monoisotopic (exact) mass is 156 g/mol. The lowest BCUT2D eigenvalue weighted by atomic mass is 10.2. The molecule has 0 aromatic carbocycles. The number of rotatable bonds is 2. The quantitative estimate of drug-likeness (QED) is 0.554. The molecule has 0 saturated heterocycles. The van der Waals surface area contributed by atoms with Crippen LogP contribution in [0.5, 0.6) is 0 Å². The Balaban J connectivity index is 3.77. The van der Waals surface area contributed by atoms with E-state index in [4.69, 9.17) is 0 Å². The Labute approximate surface area is 68.8 Å². The maximum absolute atomic E-state index is 3.22. The van der Waals surface area contributed by atoms with Gasteiger partial charge >= 0.3 is 0 Å². The average molecular weight is 156 g/mol. The van der Waals surface area contributed by atoms with Gasteiger partial charge in [0.25, 0.3) is 0 Å². The third kappa shape index (κ3) is 4.76. The van der Waals surface area contributed by atoms with Crippen LogP contribution < -0.4 is 0 Å². The lowest BCUT2D eigenvalue weighted by Crippen LogP contribution is -2.09. The first-order valence-corrected chi connectivity index (χ1v) is 4.90. The molecule has 0 amide bonds. The SMILES string of the molecule is CCCC#CC(C)(C)SC. The van der Waals surface area contributed by atoms with E-state index in [1.54, 1.807) is 11.8 Å². The van der Waals surface area contributed by atoms with Gasteiger partial charge in [-0.3, -0.25) is 0 Å². The molecule has 0 aromatic heterocycles. The van der Waals surface area contributed by atoms with Crippen molar-refractivity contribution in [2.24, 2.45) is 0 Å². The van der Waals surface area contributed by atoms with Gasteiger partial charge in [0.1, 0.15) is 0 Å². The van der Waals surface area contributed by atoms with Crippen molar-refractivity contribution in [3.8, 4) is 11.8 Å². The third-order valence-electron chi connectivity index (χ3n) is 1.27. The molecule has 0 aliphatic carbocycles. The smallest absolute Gasteiger partial charge is 0.0706 e. The number of thioether (sulfide) groups is 1. The summed E-state index contributed by atoms with van der Waals surface area (Å²) in [6, 6.07) is 0. The summed E-state index contributed by atoms with van der Waals surface area (Å²) >= 11 is 1.80. The summed E-state index contributed by atoms with van der Waals surface area (Å²) in [7, 11) is 0. The van der Waals surface area contributed by atoms with E-state index in [-0.39, 0.29) is 4.75 Å². The molecule has 0 atom stereocenters. The summed E-state index contributed by atoms with van der Waals surface area (Å²) in [6.45, 7) is 6.46. The van der Waals surface area contributed by atoms with Gasteiger partial charge in [0, 0.05) is 6.42 Å². The molecule has 0 aliphatic heterocycles. The van der Waals surface area contributed by atoms with Crippen LogP contribution in [0.15, 0.2) is 0 Å². The van der Waals surface area contributed by atoms with E-state index in [0.29, 0.717) is 0 Å². The summed E-state index contributed by atoms with van der Waals surface area (Å²) in [5.41, 5.74) is 0. The van der Waals surface area contributed by atoms with E-state index >= 15 is 0 Å². The predicted octanol–water partition coefficient (Wildman–Crippen LogP) is 2.93. The molecule has 1 heteroatoms. The lowest BCUT2D eigenvalue weighted by molar-refractivity contribution is 0.925. The molecule has 0 radical (unpaired) electrons. The molecule has 0 unspecified atom stereocenters. The molecule has 0 N–H and O–H groups in total. The molecule has 0 rings (SSSR count). The number of unbranched alkanes of at least 4 members (excludes halogenated alkanes) is 1. The van der Waals surface area contributed by atoms with E-state index in [2.05, 4.69) is 38.9 Å². The van der Waals surface area contributed by atoms with Gasteiger partial charge in [-0.25, -0.2) is 0 Å². The van der Waals surface area contributed by atoms with Gasteiger partial charge in [-0.2, -0.15) is 0 Å². The molecule has 0 aromatic rings. The van der Waals surface area contributed by atoms with E-state index in [1.807, 2.05) is 0 Å². The van der Waals surface area contributed by atoms with E-state index in [9.17, 15) is 0 Å².